The second-order valence-electron chi connectivity index (χ2n) is 6.98. The third-order valence-corrected chi connectivity index (χ3v) is 5.09. The Morgan fingerprint density at radius 2 is 2.07 bits per heavy atom. The Hall–Kier alpha value is -3.42. The average Bonchev–Trinajstić information content (AvgIpc) is 3.34. The summed E-state index contributed by atoms with van der Waals surface area (Å²) in [7, 11) is 0. The van der Waals surface area contributed by atoms with E-state index in [4.69, 9.17) is 0 Å². The summed E-state index contributed by atoms with van der Waals surface area (Å²) in [6.45, 7) is 4.37. The summed E-state index contributed by atoms with van der Waals surface area (Å²) in [5.41, 5.74) is 2.12. The van der Waals surface area contributed by atoms with Gasteiger partial charge >= 0.3 is 0 Å². The summed E-state index contributed by atoms with van der Waals surface area (Å²) >= 11 is 0. The summed E-state index contributed by atoms with van der Waals surface area (Å²) in [4.78, 5) is 26.1. The predicted molar refractivity (Wildman–Crippen MR) is 106 cm³/mol. The molecule has 1 fully saturated rings. The van der Waals surface area contributed by atoms with E-state index in [0.29, 0.717) is 29.5 Å². The fourth-order valence-corrected chi connectivity index (χ4v) is 3.52. The molecule has 2 aromatic heterocycles. The molecule has 1 aliphatic rings. The number of carbonyl (C=O) groups excluding carboxylic acids is 1. The summed E-state index contributed by atoms with van der Waals surface area (Å²) < 4.78 is 1.54. The Morgan fingerprint density at radius 3 is 2.82 bits per heavy atom. The molecule has 3 heterocycles. The Kier molecular flexibility index (Phi) is 4.92. The number of amides is 1. The molecular formula is C20H22N6O2. The van der Waals surface area contributed by atoms with Crippen molar-refractivity contribution in [2.24, 2.45) is 5.92 Å². The second-order valence-corrected chi connectivity index (χ2v) is 6.98. The van der Waals surface area contributed by atoms with Gasteiger partial charge in [0.05, 0.1) is 17.5 Å². The first kappa shape index (κ1) is 18.0. The van der Waals surface area contributed by atoms with Gasteiger partial charge in [-0.1, -0.05) is 18.2 Å². The minimum atomic E-state index is -0.285. The van der Waals surface area contributed by atoms with Crippen molar-refractivity contribution < 1.29 is 4.79 Å². The van der Waals surface area contributed by atoms with Gasteiger partial charge in [0.15, 0.2) is 5.82 Å². The van der Waals surface area contributed by atoms with Crippen LogP contribution in [-0.2, 0) is 0 Å². The molecule has 1 saturated heterocycles. The highest BCUT2D eigenvalue weighted by atomic mass is 16.1. The zero-order valence-corrected chi connectivity index (χ0v) is 15.6. The number of nitrogens with zero attached hydrogens (tertiary/aromatic N) is 4. The number of nitrogens with one attached hydrogen (secondary N) is 2. The summed E-state index contributed by atoms with van der Waals surface area (Å²) in [5, 5.41) is 13.6. The van der Waals surface area contributed by atoms with Crippen LogP contribution in [0, 0.1) is 12.8 Å². The van der Waals surface area contributed by atoms with Gasteiger partial charge in [0.25, 0.3) is 11.5 Å². The first-order chi connectivity index (χ1) is 13.6. The highest BCUT2D eigenvalue weighted by molar-refractivity contribution is 5.95. The van der Waals surface area contributed by atoms with Crippen LogP contribution >= 0.6 is 0 Å². The normalized spacial score (nSPS) is 16.3. The molecule has 0 aliphatic carbocycles. The standard InChI is InChI=1S/C20H22N6O2/c1-14-17(12-22-26(14)18-7-8-19(27)24-23-18)20(28)21-11-15-9-10-25(13-15)16-5-3-2-4-6-16/h2-8,12,15H,9-11,13H2,1H3,(H,21,28)(H,24,27). The maximum absolute atomic E-state index is 12.6. The number of rotatable bonds is 5. The Balaban J connectivity index is 1.37. The number of anilines is 1. The van der Waals surface area contributed by atoms with Crippen LogP contribution in [0.25, 0.3) is 5.82 Å². The minimum Gasteiger partial charge on any atom is -0.371 e. The molecular weight excluding hydrogens is 356 g/mol. The van der Waals surface area contributed by atoms with Crippen molar-refractivity contribution in [1.82, 2.24) is 25.3 Å². The molecule has 8 heteroatoms. The van der Waals surface area contributed by atoms with Crippen LogP contribution in [-0.4, -0.2) is 45.5 Å². The molecule has 0 saturated carbocycles. The van der Waals surface area contributed by atoms with Crippen molar-refractivity contribution in [3.8, 4) is 5.82 Å². The van der Waals surface area contributed by atoms with E-state index in [1.165, 1.54) is 22.6 Å². The van der Waals surface area contributed by atoms with Crippen LogP contribution in [0.4, 0.5) is 5.69 Å². The molecule has 0 radical (unpaired) electrons. The average molecular weight is 378 g/mol. The Labute approximate surface area is 162 Å². The van der Waals surface area contributed by atoms with E-state index < -0.39 is 0 Å². The maximum Gasteiger partial charge on any atom is 0.264 e. The fourth-order valence-electron chi connectivity index (χ4n) is 3.52. The molecule has 0 spiro atoms. The van der Waals surface area contributed by atoms with Crippen molar-refractivity contribution in [1.29, 1.82) is 0 Å². The van der Waals surface area contributed by atoms with Gasteiger partial charge < -0.3 is 10.2 Å². The third-order valence-electron chi connectivity index (χ3n) is 5.09. The number of hydrogen-bond acceptors (Lipinski definition) is 5. The van der Waals surface area contributed by atoms with Gasteiger partial charge in [0.1, 0.15) is 0 Å². The number of carbonyl (C=O) groups is 1. The third kappa shape index (κ3) is 3.66. The van der Waals surface area contributed by atoms with Gasteiger partial charge in [0.2, 0.25) is 0 Å². The number of hydrogen-bond donors (Lipinski definition) is 2. The lowest BCUT2D eigenvalue weighted by molar-refractivity contribution is 0.0947. The van der Waals surface area contributed by atoms with Crippen molar-refractivity contribution in [2.45, 2.75) is 13.3 Å². The molecule has 0 bridgehead atoms. The first-order valence-electron chi connectivity index (χ1n) is 9.31. The van der Waals surface area contributed by atoms with Crippen LogP contribution in [0.15, 0.2) is 53.5 Å². The molecule has 1 aliphatic heterocycles. The Bertz CT molecular complexity index is 1010. The van der Waals surface area contributed by atoms with Crippen LogP contribution < -0.4 is 15.8 Å². The zero-order chi connectivity index (χ0) is 19.5. The largest absolute Gasteiger partial charge is 0.371 e. The van der Waals surface area contributed by atoms with Crippen LogP contribution in [0.5, 0.6) is 0 Å². The molecule has 1 atom stereocenters. The minimum absolute atomic E-state index is 0.147. The first-order valence-corrected chi connectivity index (χ1v) is 9.31. The highest BCUT2D eigenvalue weighted by Gasteiger charge is 2.24. The van der Waals surface area contributed by atoms with Crippen molar-refractivity contribution >= 4 is 11.6 Å². The summed E-state index contributed by atoms with van der Waals surface area (Å²) in [5.74, 6) is 0.733. The van der Waals surface area contributed by atoms with Gasteiger partial charge in [-0.3, -0.25) is 9.59 Å². The molecule has 1 amide bonds. The number of aromatic nitrogens is 4. The van der Waals surface area contributed by atoms with Crippen molar-refractivity contribution in [3.63, 3.8) is 0 Å². The lowest BCUT2D eigenvalue weighted by Gasteiger charge is -2.18. The van der Waals surface area contributed by atoms with E-state index in [0.717, 1.165) is 19.5 Å². The number of H-pyrrole nitrogens is 1. The quantitative estimate of drug-likeness (QED) is 0.702. The van der Waals surface area contributed by atoms with Gasteiger partial charge in [0, 0.05) is 31.4 Å². The smallest absolute Gasteiger partial charge is 0.264 e. The van der Waals surface area contributed by atoms with Crippen LogP contribution in [0.2, 0.25) is 0 Å². The SMILES string of the molecule is Cc1c(C(=O)NCC2CCN(c3ccccc3)C2)cnn1-c1ccc(=O)[nH]n1. The molecule has 8 nitrogen and oxygen atoms in total. The van der Waals surface area contributed by atoms with Crippen molar-refractivity contribution in [3.05, 3.63) is 70.3 Å². The van der Waals surface area contributed by atoms with E-state index in [-0.39, 0.29) is 11.5 Å². The zero-order valence-electron chi connectivity index (χ0n) is 15.6. The van der Waals surface area contributed by atoms with E-state index >= 15 is 0 Å². The molecule has 28 heavy (non-hydrogen) atoms. The van der Waals surface area contributed by atoms with Gasteiger partial charge in [-0.25, -0.2) is 9.78 Å². The van der Waals surface area contributed by atoms with Gasteiger partial charge in [-0.05, 0) is 37.5 Å². The second kappa shape index (κ2) is 7.67. The Morgan fingerprint density at radius 1 is 1.25 bits per heavy atom. The topological polar surface area (TPSA) is 95.9 Å². The molecule has 144 valence electrons. The molecule has 3 aromatic rings. The predicted octanol–water partition coefficient (Wildman–Crippen LogP) is 1.52. The van der Waals surface area contributed by atoms with E-state index in [2.05, 4.69) is 37.6 Å². The monoisotopic (exact) mass is 378 g/mol. The summed E-state index contributed by atoms with van der Waals surface area (Å²) in [6, 6.07) is 13.3. The highest BCUT2D eigenvalue weighted by Crippen LogP contribution is 2.23. The maximum atomic E-state index is 12.6. The number of aromatic amines is 1. The van der Waals surface area contributed by atoms with E-state index in [9.17, 15) is 9.59 Å². The van der Waals surface area contributed by atoms with E-state index in [1.807, 2.05) is 18.2 Å². The van der Waals surface area contributed by atoms with Crippen LogP contribution in [0.3, 0.4) is 0 Å². The lowest BCUT2D eigenvalue weighted by Crippen LogP contribution is -2.31. The van der Waals surface area contributed by atoms with Crippen molar-refractivity contribution in [2.75, 3.05) is 24.5 Å². The number of benzene rings is 1. The van der Waals surface area contributed by atoms with Gasteiger partial charge in [-0.2, -0.15) is 10.2 Å². The lowest BCUT2D eigenvalue weighted by atomic mass is 10.1. The number of para-hydroxylation sites is 1. The molecule has 1 aromatic carbocycles. The fraction of sp³-hybridized carbons (Fsp3) is 0.300. The molecule has 1 unspecified atom stereocenters. The van der Waals surface area contributed by atoms with E-state index in [1.54, 1.807) is 13.0 Å². The summed E-state index contributed by atoms with van der Waals surface area (Å²) in [6.07, 6.45) is 2.58. The van der Waals surface area contributed by atoms with Gasteiger partial charge in [-0.15, -0.1) is 0 Å². The molecule has 4 rings (SSSR count). The van der Waals surface area contributed by atoms with Crippen LogP contribution in [0.1, 0.15) is 22.5 Å². The molecule has 2 N–H and O–H groups in total.